The van der Waals surface area contributed by atoms with Crippen molar-refractivity contribution in [1.29, 1.82) is 0 Å². The molecular weight excluding hydrogens is 134 g/mol. The van der Waals surface area contributed by atoms with Crippen LogP contribution in [0.1, 0.15) is 40.5 Å². The summed E-state index contributed by atoms with van der Waals surface area (Å²) in [5.74, 6) is 1.70. The van der Waals surface area contributed by atoms with E-state index in [0.717, 1.165) is 11.8 Å². The molecule has 0 aliphatic rings. The number of hydrogen-bond acceptors (Lipinski definition) is 1. The quantitative estimate of drug-likeness (QED) is 0.647. The molecule has 1 nitrogen and oxygen atoms in total. The smallest absolute Gasteiger partial charge is 0.00358 e. The first-order chi connectivity index (χ1) is 5.07. The van der Waals surface area contributed by atoms with Gasteiger partial charge in [-0.25, -0.2) is 0 Å². The van der Waals surface area contributed by atoms with Crippen molar-refractivity contribution in [3.8, 4) is 0 Å². The van der Waals surface area contributed by atoms with E-state index in [4.69, 9.17) is 0 Å². The van der Waals surface area contributed by atoms with E-state index in [0.29, 0.717) is 6.04 Å². The molecule has 68 valence electrons. The fourth-order valence-electron chi connectivity index (χ4n) is 0.991. The highest BCUT2D eigenvalue weighted by atomic mass is 14.8. The van der Waals surface area contributed by atoms with Gasteiger partial charge in [0.2, 0.25) is 0 Å². The summed E-state index contributed by atoms with van der Waals surface area (Å²) in [6.07, 6.45) is 2.65. The molecule has 0 heterocycles. The molecular formula is C10H23N. The van der Waals surface area contributed by atoms with E-state index in [9.17, 15) is 0 Å². The van der Waals surface area contributed by atoms with Gasteiger partial charge in [0, 0.05) is 6.04 Å². The molecule has 0 saturated carbocycles. The molecule has 0 aliphatic heterocycles. The fourth-order valence-corrected chi connectivity index (χ4v) is 0.991. The Morgan fingerprint density at radius 3 is 1.91 bits per heavy atom. The van der Waals surface area contributed by atoms with Crippen LogP contribution < -0.4 is 5.32 Å². The average molecular weight is 157 g/mol. The van der Waals surface area contributed by atoms with Crippen LogP contribution in [0.2, 0.25) is 0 Å². The lowest BCUT2D eigenvalue weighted by Crippen LogP contribution is -2.22. The average Bonchev–Trinajstić information content (AvgIpc) is 1.99. The summed E-state index contributed by atoms with van der Waals surface area (Å²) in [7, 11) is 2.03. The molecule has 1 N–H and O–H groups in total. The minimum Gasteiger partial charge on any atom is -0.317 e. The molecule has 0 aliphatic carbocycles. The van der Waals surface area contributed by atoms with Crippen molar-refractivity contribution in [1.82, 2.24) is 5.32 Å². The van der Waals surface area contributed by atoms with E-state index in [-0.39, 0.29) is 0 Å². The van der Waals surface area contributed by atoms with E-state index >= 15 is 0 Å². The van der Waals surface area contributed by atoms with Gasteiger partial charge >= 0.3 is 0 Å². The summed E-state index contributed by atoms with van der Waals surface area (Å²) >= 11 is 0. The van der Waals surface area contributed by atoms with Gasteiger partial charge in [-0.2, -0.15) is 0 Å². The van der Waals surface area contributed by atoms with Crippen LogP contribution in [0, 0.1) is 11.8 Å². The second-order valence-electron chi connectivity index (χ2n) is 3.99. The molecule has 11 heavy (non-hydrogen) atoms. The highest BCUT2D eigenvalue weighted by Crippen LogP contribution is 2.16. The van der Waals surface area contributed by atoms with Gasteiger partial charge in [-0.1, -0.05) is 20.8 Å². The van der Waals surface area contributed by atoms with Crippen LogP contribution in [0.5, 0.6) is 0 Å². The third-order valence-electron chi connectivity index (χ3n) is 2.69. The summed E-state index contributed by atoms with van der Waals surface area (Å²) in [5, 5.41) is 3.26. The van der Waals surface area contributed by atoms with Crippen LogP contribution in [0.4, 0.5) is 0 Å². The van der Waals surface area contributed by atoms with Gasteiger partial charge in [0.15, 0.2) is 0 Å². The van der Waals surface area contributed by atoms with E-state index in [1.165, 1.54) is 12.8 Å². The SMILES string of the molecule is CNC(C)CCC(C)C(C)C. The van der Waals surface area contributed by atoms with Crippen molar-refractivity contribution >= 4 is 0 Å². The molecule has 0 spiro atoms. The minimum absolute atomic E-state index is 0.677. The molecule has 0 bridgehead atoms. The lowest BCUT2D eigenvalue weighted by Gasteiger charge is -2.17. The molecule has 0 fully saturated rings. The second kappa shape index (κ2) is 5.59. The molecule has 0 radical (unpaired) electrons. The van der Waals surface area contributed by atoms with Crippen molar-refractivity contribution in [2.45, 2.75) is 46.6 Å². The molecule has 1 heteroatoms. The molecule has 2 atom stereocenters. The van der Waals surface area contributed by atoms with Crippen LogP contribution in [0.3, 0.4) is 0 Å². The minimum atomic E-state index is 0.677. The van der Waals surface area contributed by atoms with Gasteiger partial charge in [-0.15, -0.1) is 0 Å². The molecule has 0 rings (SSSR count). The molecule has 0 aromatic rings. The summed E-state index contributed by atoms with van der Waals surface area (Å²) in [6.45, 7) is 9.18. The normalized spacial score (nSPS) is 16.9. The predicted molar refractivity (Wildman–Crippen MR) is 51.8 cm³/mol. The van der Waals surface area contributed by atoms with Crippen molar-refractivity contribution in [3.63, 3.8) is 0 Å². The van der Waals surface area contributed by atoms with Crippen LogP contribution >= 0.6 is 0 Å². The molecule has 0 amide bonds. The molecule has 2 unspecified atom stereocenters. The maximum atomic E-state index is 3.26. The third kappa shape index (κ3) is 5.25. The van der Waals surface area contributed by atoms with E-state index in [1.54, 1.807) is 0 Å². The Balaban J connectivity index is 3.37. The van der Waals surface area contributed by atoms with Gasteiger partial charge in [0.05, 0.1) is 0 Å². The van der Waals surface area contributed by atoms with Crippen LogP contribution in [-0.4, -0.2) is 13.1 Å². The van der Waals surface area contributed by atoms with Gasteiger partial charge in [0.1, 0.15) is 0 Å². The zero-order valence-corrected chi connectivity index (χ0v) is 8.65. The second-order valence-corrected chi connectivity index (χ2v) is 3.99. The van der Waals surface area contributed by atoms with Crippen molar-refractivity contribution < 1.29 is 0 Å². The zero-order chi connectivity index (χ0) is 8.85. The maximum absolute atomic E-state index is 3.26. The standard InChI is InChI=1S/C10H23N/c1-8(2)9(3)6-7-10(4)11-5/h8-11H,6-7H2,1-5H3. The first-order valence-corrected chi connectivity index (χ1v) is 4.75. The maximum Gasteiger partial charge on any atom is 0.00358 e. The van der Waals surface area contributed by atoms with Gasteiger partial charge in [0.25, 0.3) is 0 Å². The molecule has 0 aromatic carbocycles. The first-order valence-electron chi connectivity index (χ1n) is 4.75. The van der Waals surface area contributed by atoms with Crippen molar-refractivity contribution in [3.05, 3.63) is 0 Å². The van der Waals surface area contributed by atoms with Crippen molar-refractivity contribution in [2.75, 3.05) is 7.05 Å². The predicted octanol–water partition coefficient (Wildman–Crippen LogP) is 2.67. The summed E-state index contributed by atoms with van der Waals surface area (Å²) in [5.41, 5.74) is 0. The number of hydrogen-bond donors (Lipinski definition) is 1. The first kappa shape index (κ1) is 11.0. The van der Waals surface area contributed by atoms with Gasteiger partial charge < -0.3 is 5.32 Å². The van der Waals surface area contributed by atoms with Gasteiger partial charge in [-0.05, 0) is 38.6 Å². The Kier molecular flexibility index (Phi) is 5.57. The summed E-state index contributed by atoms with van der Waals surface area (Å²) < 4.78 is 0. The van der Waals surface area contributed by atoms with E-state index in [2.05, 4.69) is 33.0 Å². The van der Waals surface area contributed by atoms with Crippen LogP contribution in [0.25, 0.3) is 0 Å². The fraction of sp³-hybridized carbons (Fsp3) is 1.00. The Labute approximate surface area is 71.6 Å². The number of nitrogens with one attached hydrogen (secondary N) is 1. The zero-order valence-electron chi connectivity index (χ0n) is 8.65. The van der Waals surface area contributed by atoms with Crippen LogP contribution in [-0.2, 0) is 0 Å². The van der Waals surface area contributed by atoms with E-state index < -0.39 is 0 Å². The van der Waals surface area contributed by atoms with E-state index in [1.807, 2.05) is 7.05 Å². The summed E-state index contributed by atoms with van der Waals surface area (Å²) in [4.78, 5) is 0. The third-order valence-corrected chi connectivity index (χ3v) is 2.69. The number of rotatable bonds is 5. The highest BCUT2D eigenvalue weighted by molar-refractivity contribution is 4.62. The monoisotopic (exact) mass is 157 g/mol. The molecule has 0 saturated heterocycles. The Morgan fingerprint density at radius 1 is 1.00 bits per heavy atom. The molecule has 0 aromatic heterocycles. The lowest BCUT2D eigenvalue weighted by atomic mass is 9.92. The Morgan fingerprint density at radius 2 is 1.55 bits per heavy atom. The Hall–Kier alpha value is -0.0400. The van der Waals surface area contributed by atoms with Crippen LogP contribution in [0.15, 0.2) is 0 Å². The summed E-state index contributed by atoms with van der Waals surface area (Å²) in [6, 6.07) is 0.677. The highest BCUT2D eigenvalue weighted by Gasteiger charge is 2.08. The Bertz CT molecular complexity index is 88.9. The van der Waals surface area contributed by atoms with Gasteiger partial charge in [-0.3, -0.25) is 0 Å². The topological polar surface area (TPSA) is 12.0 Å². The van der Waals surface area contributed by atoms with Crippen molar-refractivity contribution in [2.24, 2.45) is 11.8 Å². The lowest BCUT2D eigenvalue weighted by molar-refractivity contribution is 0.362. The largest absolute Gasteiger partial charge is 0.317 e.